The summed E-state index contributed by atoms with van der Waals surface area (Å²) in [5.74, 6) is 0. The Bertz CT molecular complexity index is 88.7. The third-order valence-corrected chi connectivity index (χ3v) is 2.83. The van der Waals surface area contributed by atoms with Crippen LogP contribution in [0.3, 0.4) is 0 Å². The van der Waals surface area contributed by atoms with E-state index in [1.807, 2.05) is 0 Å². The van der Waals surface area contributed by atoms with E-state index in [1.54, 1.807) is 0 Å². The number of likely N-dealkylation sites (N-methyl/N-ethyl adjacent to an activating group) is 1. The van der Waals surface area contributed by atoms with E-state index in [0.717, 1.165) is 10.6 Å². The molecule has 1 aliphatic heterocycles. The molecule has 46 valence electrons. The third-order valence-electron chi connectivity index (χ3n) is 1.37. The van der Waals surface area contributed by atoms with Crippen LogP contribution in [0.5, 0.6) is 0 Å². The zero-order valence-corrected chi connectivity index (χ0v) is 7.13. The van der Waals surface area contributed by atoms with E-state index in [1.165, 1.54) is 6.42 Å². The molecule has 0 aromatic carbocycles. The fourth-order valence-electron chi connectivity index (χ4n) is 0.744. The van der Waals surface area contributed by atoms with E-state index < -0.39 is 0 Å². The van der Waals surface area contributed by atoms with Gasteiger partial charge in [0.25, 0.3) is 0 Å². The Labute approximate surface area is 63.9 Å². The van der Waals surface area contributed by atoms with Crippen LogP contribution in [0, 0.1) is 0 Å². The molecule has 0 bridgehead atoms. The SMILES string of the molecule is CN1CC=CCC1I. The van der Waals surface area contributed by atoms with Crippen molar-refractivity contribution in [1.29, 1.82) is 0 Å². The molecule has 0 aliphatic carbocycles. The predicted octanol–water partition coefficient (Wildman–Crippen LogP) is 1.64. The second kappa shape index (κ2) is 2.82. The molecule has 0 amide bonds. The number of nitrogens with zero attached hydrogens (tertiary/aromatic N) is 1. The summed E-state index contributed by atoms with van der Waals surface area (Å²) in [6.07, 6.45) is 5.67. The van der Waals surface area contributed by atoms with Gasteiger partial charge in [-0.2, -0.15) is 0 Å². The van der Waals surface area contributed by atoms with E-state index in [9.17, 15) is 0 Å². The molecule has 8 heavy (non-hydrogen) atoms. The predicted molar refractivity (Wildman–Crippen MR) is 44.2 cm³/mol. The van der Waals surface area contributed by atoms with Crippen molar-refractivity contribution < 1.29 is 0 Å². The fraction of sp³-hybridized carbons (Fsp3) is 0.667. The molecule has 0 aromatic heterocycles. The Morgan fingerprint density at radius 3 is 2.75 bits per heavy atom. The van der Waals surface area contributed by atoms with Gasteiger partial charge in [0.15, 0.2) is 0 Å². The van der Waals surface area contributed by atoms with Crippen molar-refractivity contribution in [3.63, 3.8) is 0 Å². The first-order valence-corrected chi connectivity index (χ1v) is 4.04. The van der Waals surface area contributed by atoms with Gasteiger partial charge in [-0.15, -0.1) is 0 Å². The summed E-state index contributed by atoms with van der Waals surface area (Å²) < 4.78 is 0.720. The first-order chi connectivity index (χ1) is 3.80. The van der Waals surface area contributed by atoms with Crippen LogP contribution >= 0.6 is 22.6 Å². The topological polar surface area (TPSA) is 3.24 Å². The van der Waals surface area contributed by atoms with Gasteiger partial charge in [-0.05, 0) is 13.5 Å². The van der Waals surface area contributed by atoms with Crippen molar-refractivity contribution >= 4 is 22.6 Å². The van der Waals surface area contributed by atoms with Crippen LogP contribution < -0.4 is 0 Å². The van der Waals surface area contributed by atoms with Crippen LogP contribution in [0.25, 0.3) is 0 Å². The zero-order valence-electron chi connectivity index (χ0n) is 4.97. The molecule has 0 N–H and O–H groups in total. The van der Waals surface area contributed by atoms with Gasteiger partial charge >= 0.3 is 0 Å². The summed E-state index contributed by atoms with van der Waals surface area (Å²) in [6, 6.07) is 0. The second-order valence-corrected chi connectivity index (χ2v) is 3.52. The Morgan fingerprint density at radius 1 is 1.62 bits per heavy atom. The molecule has 0 radical (unpaired) electrons. The average Bonchev–Trinajstić information content (AvgIpc) is 1.77. The number of hydrogen-bond acceptors (Lipinski definition) is 1. The summed E-state index contributed by atoms with van der Waals surface area (Å²) >= 11 is 2.46. The molecule has 1 aliphatic rings. The maximum atomic E-state index is 2.46. The van der Waals surface area contributed by atoms with Crippen molar-refractivity contribution in [2.24, 2.45) is 0 Å². The largest absolute Gasteiger partial charge is 0.291 e. The van der Waals surface area contributed by atoms with Crippen molar-refractivity contribution in [2.75, 3.05) is 13.6 Å². The van der Waals surface area contributed by atoms with Crippen molar-refractivity contribution in [1.82, 2.24) is 4.90 Å². The number of rotatable bonds is 0. The van der Waals surface area contributed by atoms with Crippen molar-refractivity contribution in [2.45, 2.75) is 10.5 Å². The molecule has 1 unspecified atom stereocenters. The first kappa shape index (κ1) is 6.55. The molecule has 0 spiro atoms. The fourth-order valence-corrected chi connectivity index (χ4v) is 1.26. The van der Waals surface area contributed by atoms with E-state index in [2.05, 4.69) is 46.7 Å². The van der Waals surface area contributed by atoms with Crippen LogP contribution in [0.1, 0.15) is 6.42 Å². The van der Waals surface area contributed by atoms with E-state index in [-0.39, 0.29) is 0 Å². The van der Waals surface area contributed by atoms with Gasteiger partial charge in [0.05, 0.1) is 4.05 Å². The van der Waals surface area contributed by atoms with Gasteiger partial charge in [0.2, 0.25) is 0 Å². The number of halogens is 1. The molecule has 2 heteroatoms. The summed E-state index contributed by atoms with van der Waals surface area (Å²) in [6.45, 7) is 1.12. The smallest absolute Gasteiger partial charge is 0.0653 e. The minimum Gasteiger partial charge on any atom is -0.291 e. The quantitative estimate of drug-likeness (QED) is 0.261. The first-order valence-electron chi connectivity index (χ1n) is 2.80. The van der Waals surface area contributed by atoms with Crippen molar-refractivity contribution in [3.8, 4) is 0 Å². The highest BCUT2D eigenvalue weighted by Gasteiger charge is 2.09. The molecule has 1 heterocycles. The third kappa shape index (κ3) is 1.45. The van der Waals surface area contributed by atoms with Crippen LogP contribution in [-0.2, 0) is 0 Å². The minimum absolute atomic E-state index is 0.720. The molecule has 0 aromatic rings. The Morgan fingerprint density at radius 2 is 2.38 bits per heavy atom. The Balaban J connectivity index is 2.44. The van der Waals surface area contributed by atoms with Gasteiger partial charge in [-0.3, -0.25) is 4.90 Å². The Kier molecular flexibility index (Phi) is 2.31. The van der Waals surface area contributed by atoms with E-state index >= 15 is 0 Å². The molecule has 0 saturated heterocycles. The van der Waals surface area contributed by atoms with Crippen molar-refractivity contribution in [3.05, 3.63) is 12.2 Å². The van der Waals surface area contributed by atoms with Crippen LogP contribution in [0.15, 0.2) is 12.2 Å². The normalized spacial score (nSPS) is 31.0. The van der Waals surface area contributed by atoms with Gasteiger partial charge in [0.1, 0.15) is 0 Å². The maximum absolute atomic E-state index is 2.46. The maximum Gasteiger partial charge on any atom is 0.0653 e. The van der Waals surface area contributed by atoms with Gasteiger partial charge in [0, 0.05) is 6.54 Å². The highest BCUT2D eigenvalue weighted by Crippen LogP contribution is 2.14. The lowest BCUT2D eigenvalue weighted by Crippen LogP contribution is -2.28. The van der Waals surface area contributed by atoms with E-state index in [4.69, 9.17) is 0 Å². The lowest BCUT2D eigenvalue weighted by molar-refractivity contribution is 0.350. The van der Waals surface area contributed by atoms with Gasteiger partial charge in [-0.1, -0.05) is 34.7 Å². The standard InChI is InChI=1S/C6H10IN/c1-8-5-3-2-4-6(8)7/h2-3,6H,4-5H2,1H3. The summed E-state index contributed by atoms with van der Waals surface area (Å²) in [5, 5.41) is 0. The minimum atomic E-state index is 0.720. The van der Waals surface area contributed by atoms with Gasteiger partial charge in [-0.25, -0.2) is 0 Å². The molecule has 1 rings (SSSR count). The molecule has 0 fully saturated rings. The summed E-state index contributed by atoms with van der Waals surface area (Å²) in [7, 11) is 2.15. The lowest BCUT2D eigenvalue weighted by Gasteiger charge is -2.23. The Hall–Kier alpha value is 0.430. The van der Waals surface area contributed by atoms with E-state index in [0.29, 0.717) is 0 Å². The summed E-state index contributed by atoms with van der Waals surface area (Å²) in [5.41, 5.74) is 0. The molecular weight excluding hydrogens is 213 g/mol. The summed E-state index contributed by atoms with van der Waals surface area (Å²) in [4.78, 5) is 2.33. The molecular formula is C6H10IN. The second-order valence-electron chi connectivity index (χ2n) is 2.08. The number of alkyl halides is 1. The zero-order chi connectivity index (χ0) is 5.98. The highest BCUT2D eigenvalue weighted by atomic mass is 127. The van der Waals surface area contributed by atoms with Crippen LogP contribution in [-0.4, -0.2) is 22.5 Å². The van der Waals surface area contributed by atoms with Gasteiger partial charge < -0.3 is 0 Å². The monoisotopic (exact) mass is 223 g/mol. The lowest BCUT2D eigenvalue weighted by atomic mass is 10.3. The van der Waals surface area contributed by atoms with Crippen LogP contribution in [0.2, 0.25) is 0 Å². The molecule has 1 atom stereocenters. The van der Waals surface area contributed by atoms with Crippen LogP contribution in [0.4, 0.5) is 0 Å². The number of hydrogen-bond donors (Lipinski definition) is 0. The highest BCUT2D eigenvalue weighted by molar-refractivity contribution is 14.1. The molecule has 0 saturated carbocycles. The molecule has 1 nitrogen and oxygen atoms in total. The average molecular weight is 223 g/mol.